The number of fused-ring (bicyclic) bond motifs is 1. The number of benzene rings is 1. The molecule has 0 aliphatic carbocycles. The minimum atomic E-state index is -4.63. The SMILES string of the molecule is Cn1cc(NC(=O)c2ccccc2C(F)(F)F)c(-c2ccc3nncn3c2)n1. The lowest BCUT2D eigenvalue weighted by molar-refractivity contribution is -0.137. The van der Waals surface area contributed by atoms with Gasteiger partial charge in [0, 0.05) is 25.0 Å². The smallest absolute Gasteiger partial charge is 0.319 e. The Bertz CT molecular complexity index is 1180. The summed E-state index contributed by atoms with van der Waals surface area (Å²) in [6, 6.07) is 8.10. The molecule has 0 aliphatic rings. The van der Waals surface area contributed by atoms with Crippen molar-refractivity contribution < 1.29 is 18.0 Å². The average molecular weight is 386 g/mol. The first-order chi connectivity index (χ1) is 13.3. The summed E-state index contributed by atoms with van der Waals surface area (Å²) in [7, 11) is 1.65. The number of pyridine rings is 1. The largest absolute Gasteiger partial charge is 0.417 e. The molecule has 0 bridgehead atoms. The third-order valence-corrected chi connectivity index (χ3v) is 4.12. The van der Waals surface area contributed by atoms with E-state index in [0.717, 1.165) is 12.1 Å². The summed E-state index contributed by atoms with van der Waals surface area (Å²) in [5.41, 5.74) is 0.521. The van der Waals surface area contributed by atoms with Gasteiger partial charge >= 0.3 is 6.18 Å². The fourth-order valence-electron chi connectivity index (χ4n) is 2.88. The van der Waals surface area contributed by atoms with Crippen LogP contribution in [0, 0.1) is 0 Å². The highest BCUT2D eigenvalue weighted by Gasteiger charge is 2.35. The molecule has 3 aromatic heterocycles. The first-order valence-corrected chi connectivity index (χ1v) is 8.14. The van der Waals surface area contributed by atoms with Crippen LogP contribution in [0.4, 0.5) is 18.9 Å². The Morgan fingerprint density at radius 2 is 1.89 bits per heavy atom. The Labute approximate surface area is 156 Å². The minimum Gasteiger partial charge on any atom is -0.319 e. The molecule has 0 unspecified atom stereocenters. The molecule has 0 spiro atoms. The number of anilines is 1. The number of carbonyl (C=O) groups is 1. The van der Waals surface area contributed by atoms with E-state index in [4.69, 9.17) is 0 Å². The molecule has 0 atom stereocenters. The lowest BCUT2D eigenvalue weighted by Crippen LogP contribution is -2.18. The Kier molecular flexibility index (Phi) is 4.10. The van der Waals surface area contributed by atoms with Crippen LogP contribution >= 0.6 is 0 Å². The number of carbonyl (C=O) groups excluding carboxylic acids is 1. The highest BCUT2D eigenvalue weighted by Crippen LogP contribution is 2.33. The molecule has 1 aromatic carbocycles. The van der Waals surface area contributed by atoms with Crippen LogP contribution in [-0.4, -0.2) is 30.3 Å². The quantitative estimate of drug-likeness (QED) is 0.586. The van der Waals surface area contributed by atoms with Gasteiger partial charge in [-0.1, -0.05) is 12.1 Å². The molecule has 28 heavy (non-hydrogen) atoms. The van der Waals surface area contributed by atoms with Crippen molar-refractivity contribution in [3.05, 3.63) is 66.2 Å². The van der Waals surface area contributed by atoms with Crippen LogP contribution in [0.1, 0.15) is 15.9 Å². The summed E-state index contributed by atoms with van der Waals surface area (Å²) in [5.74, 6) is -0.868. The van der Waals surface area contributed by atoms with E-state index >= 15 is 0 Å². The molecular weight excluding hydrogens is 373 g/mol. The van der Waals surface area contributed by atoms with Crippen molar-refractivity contribution in [3.63, 3.8) is 0 Å². The van der Waals surface area contributed by atoms with Gasteiger partial charge in [0.1, 0.15) is 12.0 Å². The van der Waals surface area contributed by atoms with Crippen molar-refractivity contribution in [2.75, 3.05) is 5.32 Å². The molecule has 0 radical (unpaired) electrons. The van der Waals surface area contributed by atoms with Gasteiger partial charge in [0.05, 0.1) is 16.8 Å². The van der Waals surface area contributed by atoms with E-state index in [2.05, 4.69) is 20.6 Å². The minimum absolute atomic E-state index is 0.289. The monoisotopic (exact) mass is 386 g/mol. The van der Waals surface area contributed by atoms with Gasteiger partial charge in [-0.3, -0.25) is 13.9 Å². The molecule has 3 heterocycles. The lowest BCUT2D eigenvalue weighted by atomic mass is 10.1. The molecule has 0 saturated carbocycles. The molecule has 4 rings (SSSR count). The molecule has 10 heteroatoms. The van der Waals surface area contributed by atoms with Crippen molar-refractivity contribution in [2.45, 2.75) is 6.18 Å². The first-order valence-electron chi connectivity index (χ1n) is 8.14. The fourth-order valence-corrected chi connectivity index (χ4v) is 2.88. The number of hydrogen-bond donors (Lipinski definition) is 1. The van der Waals surface area contributed by atoms with Gasteiger partial charge in [0.25, 0.3) is 5.91 Å². The standard InChI is InChI=1S/C18H13F3N6O/c1-26-9-14(16(25-26)11-6-7-15-24-22-10-27(15)8-11)23-17(28)12-4-2-3-5-13(12)18(19,20)21/h2-10H,1H3,(H,23,28). The summed E-state index contributed by atoms with van der Waals surface area (Å²) in [6.45, 7) is 0. The molecule has 0 fully saturated rings. The van der Waals surface area contributed by atoms with E-state index < -0.39 is 23.2 Å². The van der Waals surface area contributed by atoms with Gasteiger partial charge in [0.2, 0.25) is 0 Å². The zero-order valence-corrected chi connectivity index (χ0v) is 14.5. The molecule has 142 valence electrons. The third-order valence-electron chi connectivity index (χ3n) is 4.12. The van der Waals surface area contributed by atoms with Crippen LogP contribution in [0.2, 0.25) is 0 Å². The van der Waals surface area contributed by atoms with E-state index in [1.165, 1.54) is 29.3 Å². The Balaban J connectivity index is 1.71. The number of nitrogens with zero attached hydrogens (tertiary/aromatic N) is 5. The highest BCUT2D eigenvalue weighted by atomic mass is 19.4. The van der Waals surface area contributed by atoms with Gasteiger partial charge in [-0.15, -0.1) is 10.2 Å². The number of halogens is 3. The molecule has 1 amide bonds. The van der Waals surface area contributed by atoms with E-state index in [-0.39, 0.29) is 5.69 Å². The van der Waals surface area contributed by atoms with E-state index in [1.54, 1.807) is 29.8 Å². The van der Waals surface area contributed by atoms with Crippen LogP contribution in [0.5, 0.6) is 0 Å². The molecular formula is C18H13F3N6O. The number of aromatic nitrogens is 5. The maximum absolute atomic E-state index is 13.2. The number of hydrogen-bond acceptors (Lipinski definition) is 4. The van der Waals surface area contributed by atoms with Crippen molar-refractivity contribution in [1.29, 1.82) is 0 Å². The van der Waals surface area contributed by atoms with Crippen molar-refractivity contribution in [1.82, 2.24) is 24.4 Å². The highest BCUT2D eigenvalue weighted by molar-refractivity contribution is 6.07. The summed E-state index contributed by atoms with van der Waals surface area (Å²) < 4.78 is 42.8. The molecule has 0 aliphatic heterocycles. The van der Waals surface area contributed by atoms with E-state index in [0.29, 0.717) is 16.9 Å². The summed E-state index contributed by atoms with van der Waals surface area (Å²) in [4.78, 5) is 12.6. The van der Waals surface area contributed by atoms with Crippen LogP contribution in [0.15, 0.2) is 55.1 Å². The van der Waals surface area contributed by atoms with Crippen molar-refractivity contribution in [2.24, 2.45) is 7.05 Å². The van der Waals surface area contributed by atoms with E-state index in [1.807, 2.05) is 0 Å². The molecule has 4 aromatic rings. The lowest BCUT2D eigenvalue weighted by Gasteiger charge is -2.12. The van der Waals surface area contributed by atoms with Crippen molar-refractivity contribution in [3.8, 4) is 11.3 Å². The van der Waals surface area contributed by atoms with Crippen LogP contribution < -0.4 is 5.32 Å². The number of rotatable bonds is 3. The first kappa shape index (κ1) is 17.7. The second kappa shape index (κ2) is 6.48. The number of amides is 1. The van der Waals surface area contributed by atoms with Crippen LogP contribution in [0.3, 0.4) is 0 Å². The third kappa shape index (κ3) is 3.20. The average Bonchev–Trinajstić information content (AvgIpc) is 3.26. The normalized spacial score (nSPS) is 11.7. The topological polar surface area (TPSA) is 77.1 Å². The molecule has 1 N–H and O–H groups in total. The Hall–Kier alpha value is -3.69. The zero-order chi connectivity index (χ0) is 19.9. The van der Waals surface area contributed by atoms with Gasteiger partial charge in [0.15, 0.2) is 5.65 Å². The van der Waals surface area contributed by atoms with E-state index in [9.17, 15) is 18.0 Å². The second-order valence-electron chi connectivity index (χ2n) is 6.08. The summed E-state index contributed by atoms with van der Waals surface area (Å²) in [5, 5.41) is 14.6. The fraction of sp³-hybridized carbons (Fsp3) is 0.111. The predicted octanol–water partition coefficient (Wildman–Crippen LogP) is 3.40. The van der Waals surface area contributed by atoms with Gasteiger partial charge in [-0.25, -0.2) is 0 Å². The second-order valence-corrected chi connectivity index (χ2v) is 6.08. The van der Waals surface area contributed by atoms with Gasteiger partial charge in [-0.2, -0.15) is 18.3 Å². The molecule has 0 saturated heterocycles. The summed E-state index contributed by atoms with van der Waals surface area (Å²) in [6.07, 6.45) is 0.127. The summed E-state index contributed by atoms with van der Waals surface area (Å²) >= 11 is 0. The van der Waals surface area contributed by atoms with Gasteiger partial charge in [-0.05, 0) is 24.3 Å². The van der Waals surface area contributed by atoms with Gasteiger partial charge < -0.3 is 5.32 Å². The van der Waals surface area contributed by atoms with Crippen LogP contribution in [0.25, 0.3) is 16.9 Å². The number of aryl methyl sites for hydroxylation is 1. The maximum atomic E-state index is 13.2. The number of nitrogens with one attached hydrogen (secondary N) is 1. The number of alkyl halides is 3. The Morgan fingerprint density at radius 1 is 1.11 bits per heavy atom. The molecule has 7 nitrogen and oxygen atoms in total. The Morgan fingerprint density at radius 3 is 2.68 bits per heavy atom. The predicted molar refractivity (Wildman–Crippen MR) is 94.6 cm³/mol. The zero-order valence-electron chi connectivity index (χ0n) is 14.5. The van der Waals surface area contributed by atoms with Crippen LogP contribution in [-0.2, 0) is 13.2 Å². The maximum Gasteiger partial charge on any atom is 0.417 e. The van der Waals surface area contributed by atoms with Crippen molar-refractivity contribution >= 4 is 17.2 Å².